The highest BCUT2D eigenvalue weighted by molar-refractivity contribution is 9.10. The number of halogens is 2. The second kappa shape index (κ2) is 7.07. The lowest BCUT2D eigenvalue weighted by molar-refractivity contribution is -0.386. The predicted molar refractivity (Wildman–Crippen MR) is 87.3 cm³/mol. The van der Waals surface area contributed by atoms with Crippen LogP contribution in [0.3, 0.4) is 0 Å². The molecule has 1 aliphatic rings. The molecular weight excluding hydrogens is 406 g/mol. The SMILES string of the molecule is Cc1cc(Br)cc([N+](=O)[O-])c1OCC1(CBr)CCOCC1. The maximum absolute atomic E-state index is 11.2. The van der Waals surface area contributed by atoms with E-state index < -0.39 is 4.92 Å². The molecule has 0 aliphatic carbocycles. The van der Waals surface area contributed by atoms with Crippen LogP contribution in [-0.4, -0.2) is 30.1 Å². The molecule has 0 radical (unpaired) electrons. The number of alkyl halides is 1. The number of nitro benzene ring substituents is 1. The maximum atomic E-state index is 11.2. The lowest BCUT2D eigenvalue weighted by Crippen LogP contribution is -2.36. The van der Waals surface area contributed by atoms with Crippen molar-refractivity contribution in [3.05, 3.63) is 32.3 Å². The molecule has 1 aliphatic heterocycles. The van der Waals surface area contributed by atoms with Gasteiger partial charge in [0.05, 0.1) is 11.5 Å². The van der Waals surface area contributed by atoms with Gasteiger partial charge in [0.25, 0.3) is 0 Å². The largest absolute Gasteiger partial charge is 0.486 e. The van der Waals surface area contributed by atoms with E-state index in [1.165, 1.54) is 6.07 Å². The number of nitrogens with zero attached hydrogens (tertiary/aromatic N) is 1. The number of benzene rings is 1. The quantitative estimate of drug-likeness (QED) is 0.404. The van der Waals surface area contributed by atoms with Gasteiger partial charge in [-0.05, 0) is 31.4 Å². The van der Waals surface area contributed by atoms with Crippen LogP contribution in [0.2, 0.25) is 0 Å². The average Bonchev–Trinajstić information content (AvgIpc) is 2.46. The number of aryl methyl sites for hydroxylation is 1. The van der Waals surface area contributed by atoms with Crippen molar-refractivity contribution in [3.63, 3.8) is 0 Å². The highest BCUT2D eigenvalue weighted by Gasteiger charge is 2.33. The van der Waals surface area contributed by atoms with Gasteiger partial charge in [0.1, 0.15) is 0 Å². The molecule has 21 heavy (non-hydrogen) atoms. The molecule has 0 unspecified atom stereocenters. The third-order valence-electron chi connectivity index (χ3n) is 3.78. The van der Waals surface area contributed by atoms with Gasteiger partial charge in [0.15, 0.2) is 5.75 Å². The van der Waals surface area contributed by atoms with Crippen molar-refractivity contribution >= 4 is 37.5 Å². The first-order valence-corrected chi connectivity index (χ1v) is 8.60. The molecule has 0 saturated carbocycles. The average molecular weight is 423 g/mol. The van der Waals surface area contributed by atoms with Crippen LogP contribution >= 0.6 is 31.9 Å². The van der Waals surface area contributed by atoms with Crippen LogP contribution < -0.4 is 4.74 Å². The minimum Gasteiger partial charge on any atom is -0.486 e. The highest BCUT2D eigenvalue weighted by Crippen LogP contribution is 2.38. The van der Waals surface area contributed by atoms with Gasteiger partial charge in [-0.15, -0.1) is 0 Å². The highest BCUT2D eigenvalue weighted by atomic mass is 79.9. The van der Waals surface area contributed by atoms with E-state index in [-0.39, 0.29) is 11.1 Å². The summed E-state index contributed by atoms with van der Waals surface area (Å²) in [5, 5.41) is 12.0. The summed E-state index contributed by atoms with van der Waals surface area (Å²) in [7, 11) is 0. The fourth-order valence-corrected chi connectivity index (χ4v) is 3.66. The Kier molecular flexibility index (Phi) is 5.62. The zero-order chi connectivity index (χ0) is 15.5. The minimum atomic E-state index is -0.405. The number of hydrogen-bond donors (Lipinski definition) is 0. The molecule has 1 aromatic rings. The normalized spacial score (nSPS) is 17.5. The van der Waals surface area contributed by atoms with E-state index >= 15 is 0 Å². The third-order valence-corrected chi connectivity index (χ3v) is 5.42. The molecule has 0 atom stereocenters. The zero-order valence-corrected chi connectivity index (χ0v) is 14.9. The van der Waals surface area contributed by atoms with E-state index in [2.05, 4.69) is 31.9 Å². The molecule has 0 amide bonds. The number of ether oxygens (including phenoxy) is 2. The van der Waals surface area contributed by atoms with Gasteiger partial charge in [-0.2, -0.15) is 0 Å². The van der Waals surface area contributed by atoms with Gasteiger partial charge in [0.2, 0.25) is 0 Å². The van der Waals surface area contributed by atoms with Gasteiger partial charge < -0.3 is 9.47 Å². The van der Waals surface area contributed by atoms with Crippen LogP contribution in [0, 0.1) is 22.5 Å². The third kappa shape index (κ3) is 3.96. The van der Waals surface area contributed by atoms with Crippen LogP contribution in [-0.2, 0) is 4.74 Å². The van der Waals surface area contributed by atoms with E-state index in [0.29, 0.717) is 30.0 Å². The van der Waals surface area contributed by atoms with Crippen LogP contribution in [0.1, 0.15) is 18.4 Å². The van der Waals surface area contributed by atoms with E-state index in [9.17, 15) is 10.1 Å². The molecular formula is C14H17Br2NO4. The first-order chi connectivity index (χ1) is 9.97. The molecule has 1 fully saturated rings. The summed E-state index contributed by atoms with van der Waals surface area (Å²) in [6.45, 7) is 3.68. The molecule has 1 heterocycles. The summed E-state index contributed by atoms with van der Waals surface area (Å²) in [6, 6.07) is 3.31. The number of nitro groups is 1. The van der Waals surface area contributed by atoms with Gasteiger partial charge in [-0.1, -0.05) is 31.9 Å². The zero-order valence-electron chi connectivity index (χ0n) is 11.7. The van der Waals surface area contributed by atoms with Crippen molar-refractivity contribution in [1.82, 2.24) is 0 Å². The fraction of sp³-hybridized carbons (Fsp3) is 0.571. The molecule has 1 saturated heterocycles. The monoisotopic (exact) mass is 421 g/mol. The Morgan fingerprint density at radius 3 is 2.67 bits per heavy atom. The van der Waals surface area contributed by atoms with Crippen molar-refractivity contribution in [1.29, 1.82) is 0 Å². The summed E-state index contributed by atoms with van der Waals surface area (Å²) in [6.07, 6.45) is 1.78. The van der Waals surface area contributed by atoms with Crippen molar-refractivity contribution in [2.45, 2.75) is 19.8 Å². The summed E-state index contributed by atoms with van der Waals surface area (Å²) in [5.74, 6) is 0.356. The van der Waals surface area contributed by atoms with Gasteiger partial charge >= 0.3 is 5.69 Å². The van der Waals surface area contributed by atoms with E-state index in [4.69, 9.17) is 9.47 Å². The first kappa shape index (κ1) is 16.7. The minimum absolute atomic E-state index is 0.00124. The Balaban J connectivity index is 2.21. The smallest absolute Gasteiger partial charge is 0.312 e. The van der Waals surface area contributed by atoms with Crippen molar-refractivity contribution in [2.24, 2.45) is 5.41 Å². The standard InChI is InChI=1S/C14H17Br2NO4/c1-10-6-11(16)7-12(17(18)19)13(10)21-9-14(8-15)2-4-20-5-3-14/h6-7H,2-5,8-9H2,1H3. The van der Waals surface area contributed by atoms with Gasteiger partial charge in [0, 0.05) is 34.5 Å². The molecule has 0 aromatic heterocycles. The number of rotatable bonds is 5. The number of hydrogen-bond acceptors (Lipinski definition) is 4. The molecule has 0 N–H and O–H groups in total. The summed E-state index contributed by atoms with van der Waals surface area (Å²) in [5.41, 5.74) is 0.734. The van der Waals surface area contributed by atoms with Gasteiger partial charge in [-0.25, -0.2) is 0 Å². The van der Waals surface area contributed by atoms with Crippen molar-refractivity contribution < 1.29 is 14.4 Å². The van der Waals surface area contributed by atoms with Crippen LogP contribution in [0.5, 0.6) is 5.75 Å². The molecule has 7 heteroatoms. The Bertz CT molecular complexity index is 530. The van der Waals surface area contributed by atoms with Crippen molar-refractivity contribution in [2.75, 3.05) is 25.2 Å². The molecule has 1 aromatic carbocycles. The first-order valence-electron chi connectivity index (χ1n) is 6.68. The van der Waals surface area contributed by atoms with Crippen LogP contribution in [0.25, 0.3) is 0 Å². The predicted octanol–water partition coefficient (Wildman–Crippen LogP) is 4.24. The summed E-state index contributed by atoms with van der Waals surface area (Å²) >= 11 is 6.83. The molecule has 116 valence electrons. The molecule has 0 bridgehead atoms. The lowest BCUT2D eigenvalue weighted by Gasteiger charge is -2.35. The van der Waals surface area contributed by atoms with Crippen molar-refractivity contribution in [3.8, 4) is 5.75 Å². The van der Waals surface area contributed by atoms with E-state index in [1.807, 2.05) is 13.0 Å². The second-order valence-electron chi connectivity index (χ2n) is 5.36. The molecule has 2 rings (SSSR count). The summed E-state index contributed by atoms with van der Waals surface area (Å²) in [4.78, 5) is 10.8. The maximum Gasteiger partial charge on any atom is 0.312 e. The Morgan fingerprint density at radius 2 is 2.10 bits per heavy atom. The lowest BCUT2D eigenvalue weighted by atomic mass is 9.83. The van der Waals surface area contributed by atoms with E-state index in [1.54, 1.807) is 0 Å². The second-order valence-corrected chi connectivity index (χ2v) is 6.84. The Labute approximate surface area is 140 Å². The summed E-state index contributed by atoms with van der Waals surface area (Å²) < 4.78 is 11.9. The van der Waals surface area contributed by atoms with Crippen LogP contribution in [0.4, 0.5) is 5.69 Å². The molecule has 0 spiro atoms. The Hall–Kier alpha value is -0.660. The van der Waals surface area contributed by atoms with Gasteiger partial charge in [-0.3, -0.25) is 10.1 Å². The van der Waals surface area contributed by atoms with Crippen LogP contribution in [0.15, 0.2) is 16.6 Å². The fourth-order valence-electron chi connectivity index (χ4n) is 2.38. The topological polar surface area (TPSA) is 61.6 Å². The molecule has 5 nitrogen and oxygen atoms in total. The van der Waals surface area contributed by atoms with E-state index in [0.717, 1.165) is 23.7 Å². The Morgan fingerprint density at radius 1 is 1.43 bits per heavy atom.